The SMILES string of the molecule is O=C(CSc1nc2ccccc2s1)N/N=C/C(Br)=C/c1ccccc1. The molecule has 0 radical (unpaired) electrons. The van der Waals surface area contributed by atoms with Gasteiger partial charge in [-0.2, -0.15) is 5.10 Å². The summed E-state index contributed by atoms with van der Waals surface area (Å²) < 4.78 is 2.78. The van der Waals surface area contributed by atoms with E-state index in [1.807, 2.05) is 60.7 Å². The van der Waals surface area contributed by atoms with Crippen LogP contribution in [0.3, 0.4) is 0 Å². The molecule has 0 spiro atoms. The number of hydrazone groups is 1. The van der Waals surface area contributed by atoms with E-state index < -0.39 is 0 Å². The van der Waals surface area contributed by atoms with Gasteiger partial charge in [0.25, 0.3) is 5.91 Å². The largest absolute Gasteiger partial charge is 0.272 e. The third-order valence-corrected chi connectivity index (χ3v) is 5.70. The molecule has 0 aliphatic rings. The second kappa shape index (κ2) is 8.94. The number of thioether (sulfide) groups is 1. The Kier molecular flexibility index (Phi) is 6.38. The molecular weight excluding hydrogens is 418 g/mol. The molecule has 2 aromatic carbocycles. The third-order valence-electron chi connectivity index (χ3n) is 3.08. The van der Waals surface area contributed by atoms with Crippen LogP contribution in [-0.2, 0) is 4.79 Å². The molecule has 0 saturated carbocycles. The van der Waals surface area contributed by atoms with E-state index in [9.17, 15) is 4.79 Å². The van der Waals surface area contributed by atoms with Gasteiger partial charge in [0.05, 0.1) is 22.2 Å². The minimum atomic E-state index is -0.166. The highest BCUT2D eigenvalue weighted by molar-refractivity contribution is 9.12. The van der Waals surface area contributed by atoms with Gasteiger partial charge in [0, 0.05) is 4.48 Å². The summed E-state index contributed by atoms with van der Waals surface area (Å²) in [7, 11) is 0. The zero-order valence-electron chi connectivity index (χ0n) is 13.1. The summed E-state index contributed by atoms with van der Waals surface area (Å²) in [5.74, 6) is 0.109. The Labute approximate surface area is 162 Å². The Balaban J connectivity index is 1.48. The van der Waals surface area contributed by atoms with Crippen LogP contribution >= 0.6 is 39.0 Å². The molecule has 1 heterocycles. The fourth-order valence-corrected chi connectivity index (χ4v) is 4.21. The smallest absolute Gasteiger partial charge is 0.250 e. The van der Waals surface area contributed by atoms with Crippen molar-refractivity contribution in [2.45, 2.75) is 4.34 Å². The van der Waals surface area contributed by atoms with Crippen LogP contribution in [0.25, 0.3) is 16.3 Å². The molecule has 0 atom stereocenters. The zero-order chi connectivity index (χ0) is 17.5. The first-order valence-electron chi connectivity index (χ1n) is 7.43. The number of nitrogens with one attached hydrogen (secondary N) is 1. The summed E-state index contributed by atoms with van der Waals surface area (Å²) in [6.07, 6.45) is 3.48. The van der Waals surface area contributed by atoms with Crippen molar-refractivity contribution in [1.82, 2.24) is 10.4 Å². The van der Waals surface area contributed by atoms with E-state index >= 15 is 0 Å². The standard InChI is InChI=1S/C18H14BrN3OS2/c19-14(10-13-6-2-1-3-7-13)11-20-22-17(23)12-24-18-21-15-8-4-5-9-16(15)25-18/h1-11H,12H2,(H,22,23)/b14-10-,20-11+. The fraction of sp³-hybridized carbons (Fsp3) is 0.0556. The van der Waals surface area contributed by atoms with Crippen LogP contribution in [0.15, 0.2) is 68.5 Å². The molecule has 0 fully saturated rings. The van der Waals surface area contributed by atoms with Crippen molar-refractivity contribution in [3.63, 3.8) is 0 Å². The number of benzene rings is 2. The molecule has 0 saturated heterocycles. The lowest BCUT2D eigenvalue weighted by Gasteiger charge is -1.97. The molecule has 3 rings (SSSR count). The molecule has 1 aromatic heterocycles. The van der Waals surface area contributed by atoms with E-state index in [4.69, 9.17) is 0 Å². The number of aromatic nitrogens is 1. The number of carbonyl (C=O) groups is 1. The van der Waals surface area contributed by atoms with Gasteiger partial charge < -0.3 is 0 Å². The summed E-state index contributed by atoms with van der Waals surface area (Å²) in [6, 6.07) is 17.8. The van der Waals surface area contributed by atoms with Crippen LogP contribution < -0.4 is 5.43 Å². The Morgan fingerprint density at radius 3 is 2.76 bits per heavy atom. The summed E-state index contributed by atoms with van der Waals surface area (Å²) in [4.78, 5) is 16.4. The first-order chi connectivity index (χ1) is 12.2. The van der Waals surface area contributed by atoms with Gasteiger partial charge in [-0.15, -0.1) is 11.3 Å². The van der Waals surface area contributed by atoms with Gasteiger partial charge in [0.2, 0.25) is 0 Å². The van der Waals surface area contributed by atoms with Gasteiger partial charge in [0.1, 0.15) is 0 Å². The Bertz CT molecular complexity index is 889. The van der Waals surface area contributed by atoms with E-state index in [-0.39, 0.29) is 11.7 Å². The number of amides is 1. The molecule has 1 N–H and O–H groups in total. The predicted molar refractivity (Wildman–Crippen MR) is 110 cm³/mol. The molecule has 25 heavy (non-hydrogen) atoms. The Hall–Kier alpha value is -1.96. The number of halogens is 1. The maximum absolute atomic E-state index is 11.9. The predicted octanol–water partition coefficient (Wildman–Crippen LogP) is 4.93. The average Bonchev–Trinajstić information content (AvgIpc) is 3.04. The molecule has 126 valence electrons. The number of fused-ring (bicyclic) bond motifs is 1. The second-order valence-electron chi connectivity index (χ2n) is 4.97. The second-order valence-corrected chi connectivity index (χ2v) is 8.14. The lowest BCUT2D eigenvalue weighted by atomic mass is 10.2. The third kappa shape index (κ3) is 5.52. The summed E-state index contributed by atoms with van der Waals surface area (Å²) in [6.45, 7) is 0. The number of allylic oxidation sites excluding steroid dienone is 1. The van der Waals surface area contributed by atoms with E-state index in [0.29, 0.717) is 0 Å². The Morgan fingerprint density at radius 2 is 1.96 bits per heavy atom. The highest BCUT2D eigenvalue weighted by Gasteiger charge is 2.06. The lowest BCUT2D eigenvalue weighted by molar-refractivity contribution is -0.118. The Morgan fingerprint density at radius 1 is 1.20 bits per heavy atom. The topological polar surface area (TPSA) is 54.4 Å². The normalized spacial score (nSPS) is 12.0. The molecule has 1 amide bonds. The van der Waals surface area contributed by atoms with Gasteiger partial charge in [-0.3, -0.25) is 4.79 Å². The van der Waals surface area contributed by atoms with Crippen molar-refractivity contribution in [2.24, 2.45) is 5.10 Å². The molecule has 3 aromatic rings. The highest BCUT2D eigenvalue weighted by atomic mass is 79.9. The fourth-order valence-electron chi connectivity index (χ4n) is 1.98. The van der Waals surface area contributed by atoms with Crippen molar-refractivity contribution in [3.05, 3.63) is 64.6 Å². The van der Waals surface area contributed by atoms with E-state index in [0.717, 1.165) is 24.6 Å². The molecule has 7 heteroatoms. The number of hydrogen-bond donors (Lipinski definition) is 1. The maximum Gasteiger partial charge on any atom is 0.250 e. The van der Waals surface area contributed by atoms with Crippen LogP contribution in [0.5, 0.6) is 0 Å². The molecule has 0 bridgehead atoms. The van der Waals surface area contributed by atoms with E-state index in [1.165, 1.54) is 11.8 Å². The van der Waals surface area contributed by atoms with Crippen molar-refractivity contribution < 1.29 is 4.79 Å². The van der Waals surface area contributed by atoms with Crippen LogP contribution in [-0.4, -0.2) is 22.9 Å². The van der Waals surface area contributed by atoms with Crippen molar-refractivity contribution >= 4 is 67.4 Å². The monoisotopic (exact) mass is 431 g/mol. The lowest BCUT2D eigenvalue weighted by Crippen LogP contribution is -2.19. The van der Waals surface area contributed by atoms with Gasteiger partial charge in [-0.1, -0.05) is 54.2 Å². The number of hydrogen-bond acceptors (Lipinski definition) is 5. The first-order valence-corrected chi connectivity index (χ1v) is 10.0. The van der Waals surface area contributed by atoms with Gasteiger partial charge >= 0.3 is 0 Å². The molecule has 0 unspecified atom stereocenters. The highest BCUT2D eigenvalue weighted by Crippen LogP contribution is 2.28. The number of rotatable bonds is 6. The number of carbonyl (C=O) groups excluding carboxylic acids is 1. The number of nitrogens with zero attached hydrogens (tertiary/aromatic N) is 2. The van der Waals surface area contributed by atoms with Crippen LogP contribution in [0.4, 0.5) is 0 Å². The maximum atomic E-state index is 11.9. The van der Waals surface area contributed by atoms with Crippen molar-refractivity contribution in [1.29, 1.82) is 0 Å². The summed E-state index contributed by atoms with van der Waals surface area (Å²) in [5, 5.41) is 3.95. The number of para-hydroxylation sites is 1. The van der Waals surface area contributed by atoms with E-state index in [2.05, 4.69) is 31.4 Å². The van der Waals surface area contributed by atoms with Gasteiger partial charge in [-0.25, -0.2) is 10.4 Å². The number of thiazole rings is 1. The molecule has 0 aliphatic carbocycles. The minimum absolute atomic E-state index is 0.166. The zero-order valence-corrected chi connectivity index (χ0v) is 16.3. The van der Waals surface area contributed by atoms with Crippen LogP contribution in [0, 0.1) is 0 Å². The van der Waals surface area contributed by atoms with Crippen molar-refractivity contribution in [3.8, 4) is 0 Å². The first kappa shape index (κ1) is 17.8. The van der Waals surface area contributed by atoms with E-state index in [1.54, 1.807) is 17.6 Å². The molecule has 0 aliphatic heterocycles. The summed E-state index contributed by atoms with van der Waals surface area (Å²) >= 11 is 6.40. The minimum Gasteiger partial charge on any atom is -0.272 e. The van der Waals surface area contributed by atoms with Gasteiger partial charge in [-0.05, 0) is 39.7 Å². The van der Waals surface area contributed by atoms with Crippen LogP contribution in [0.2, 0.25) is 0 Å². The van der Waals surface area contributed by atoms with Gasteiger partial charge in [0.15, 0.2) is 4.34 Å². The van der Waals surface area contributed by atoms with Crippen LogP contribution in [0.1, 0.15) is 5.56 Å². The molecule has 4 nitrogen and oxygen atoms in total. The average molecular weight is 432 g/mol. The quantitative estimate of drug-likeness (QED) is 0.342. The molecular formula is C18H14BrN3OS2. The van der Waals surface area contributed by atoms with Crippen molar-refractivity contribution in [2.75, 3.05) is 5.75 Å². The summed E-state index contributed by atoms with van der Waals surface area (Å²) in [5.41, 5.74) is 4.53.